The molecule has 0 aliphatic heterocycles. The van der Waals surface area contributed by atoms with E-state index in [2.05, 4.69) is 18.7 Å². The van der Waals surface area contributed by atoms with Crippen LogP contribution in [0.25, 0.3) is 0 Å². The molecule has 0 saturated carbocycles. The Kier molecular flexibility index (Phi) is 11.7. The van der Waals surface area contributed by atoms with E-state index in [-0.39, 0.29) is 17.8 Å². The van der Waals surface area contributed by atoms with E-state index in [4.69, 9.17) is 4.74 Å². The number of amides is 1. The standard InChI is InChI=1S/C18H36N2O3/c1-7-19(8-2)11-9-10-12-20(17(21)13-15(3)4)14-16(5)18(22)23-6/h15-16H,7-14H2,1-6H3. The minimum absolute atomic E-state index is 0.138. The summed E-state index contributed by atoms with van der Waals surface area (Å²) in [7, 11) is 1.39. The van der Waals surface area contributed by atoms with Crippen LogP contribution in [-0.4, -0.2) is 61.5 Å². The van der Waals surface area contributed by atoms with Crippen molar-refractivity contribution in [3.63, 3.8) is 0 Å². The third kappa shape index (κ3) is 9.59. The molecule has 0 radical (unpaired) electrons. The molecule has 0 aromatic rings. The molecule has 1 unspecified atom stereocenters. The molecule has 0 aliphatic rings. The van der Waals surface area contributed by atoms with Crippen LogP contribution < -0.4 is 0 Å². The molecule has 0 N–H and O–H groups in total. The van der Waals surface area contributed by atoms with Crippen molar-refractivity contribution < 1.29 is 14.3 Å². The largest absolute Gasteiger partial charge is 0.469 e. The number of hydrogen-bond donors (Lipinski definition) is 0. The van der Waals surface area contributed by atoms with Crippen LogP contribution >= 0.6 is 0 Å². The van der Waals surface area contributed by atoms with Gasteiger partial charge >= 0.3 is 5.97 Å². The number of rotatable bonds is 12. The smallest absolute Gasteiger partial charge is 0.310 e. The normalized spacial score (nSPS) is 12.5. The highest BCUT2D eigenvalue weighted by Gasteiger charge is 2.21. The van der Waals surface area contributed by atoms with Gasteiger partial charge < -0.3 is 14.5 Å². The lowest BCUT2D eigenvalue weighted by Crippen LogP contribution is -2.38. The van der Waals surface area contributed by atoms with Gasteiger partial charge in [-0.1, -0.05) is 34.6 Å². The number of hydrogen-bond acceptors (Lipinski definition) is 4. The van der Waals surface area contributed by atoms with Gasteiger partial charge in [-0.15, -0.1) is 0 Å². The molecule has 1 amide bonds. The van der Waals surface area contributed by atoms with Gasteiger partial charge in [0.05, 0.1) is 13.0 Å². The average Bonchev–Trinajstić information content (AvgIpc) is 2.52. The topological polar surface area (TPSA) is 49.9 Å². The van der Waals surface area contributed by atoms with Crippen LogP contribution in [0.3, 0.4) is 0 Å². The van der Waals surface area contributed by atoms with Crippen LogP contribution in [0.2, 0.25) is 0 Å². The zero-order valence-corrected chi connectivity index (χ0v) is 15.9. The van der Waals surface area contributed by atoms with Crippen molar-refractivity contribution in [2.24, 2.45) is 11.8 Å². The van der Waals surface area contributed by atoms with Crippen LogP contribution in [0, 0.1) is 11.8 Å². The zero-order valence-electron chi connectivity index (χ0n) is 15.9. The van der Waals surface area contributed by atoms with Gasteiger partial charge in [0.25, 0.3) is 0 Å². The lowest BCUT2D eigenvalue weighted by atomic mass is 10.1. The highest BCUT2D eigenvalue weighted by atomic mass is 16.5. The fourth-order valence-corrected chi connectivity index (χ4v) is 2.58. The fourth-order valence-electron chi connectivity index (χ4n) is 2.58. The summed E-state index contributed by atoms with van der Waals surface area (Å²) >= 11 is 0. The number of ether oxygens (including phenoxy) is 1. The number of unbranched alkanes of at least 4 members (excludes halogenated alkanes) is 1. The zero-order chi connectivity index (χ0) is 17.8. The Morgan fingerprint density at radius 3 is 2.04 bits per heavy atom. The van der Waals surface area contributed by atoms with E-state index in [0.717, 1.165) is 32.5 Å². The predicted octanol–water partition coefficient (Wildman–Crippen LogP) is 2.79. The van der Waals surface area contributed by atoms with E-state index < -0.39 is 0 Å². The number of esters is 1. The molecular formula is C18H36N2O3. The fraction of sp³-hybridized carbons (Fsp3) is 0.889. The summed E-state index contributed by atoms with van der Waals surface area (Å²) in [5.74, 6) is -0.0675. The van der Waals surface area contributed by atoms with E-state index in [1.807, 2.05) is 25.7 Å². The number of carbonyl (C=O) groups excluding carboxylic acids is 2. The summed E-state index contributed by atoms with van der Waals surface area (Å²) in [5.41, 5.74) is 0. The number of carbonyl (C=O) groups is 2. The molecule has 0 bridgehead atoms. The highest BCUT2D eigenvalue weighted by Crippen LogP contribution is 2.10. The Morgan fingerprint density at radius 1 is 1.00 bits per heavy atom. The molecule has 23 heavy (non-hydrogen) atoms. The average molecular weight is 328 g/mol. The second kappa shape index (κ2) is 12.3. The second-order valence-corrected chi connectivity index (χ2v) is 6.60. The monoisotopic (exact) mass is 328 g/mol. The first-order valence-corrected chi connectivity index (χ1v) is 8.93. The maximum absolute atomic E-state index is 12.4. The molecule has 0 aromatic carbocycles. The Balaban J connectivity index is 4.48. The second-order valence-electron chi connectivity index (χ2n) is 6.60. The van der Waals surface area contributed by atoms with E-state index in [1.54, 1.807) is 0 Å². The van der Waals surface area contributed by atoms with Crippen molar-refractivity contribution in [3.05, 3.63) is 0 Å². The Labute approximate surface area is 142 Å². The molecule has 0 rings (SSSR count). The van der Waals surface area contributed by atoms with Gasteiger partial charge in [0, 0.05) is 19.5 Å². The van der Waals surface area contributed by atoms with Gasteiger partial charge in [0.1, 0.15) is 0 Å². The highest BCUT2D eigenvalue weighted by molar-refractivity contribution is 5.78. The molecule has 0 spiro atoms. The molecule has 0 heterocycles. The van der Waals surface area contributed by atoms with Crippen molar-refractivity contribution in [1.82, 2.24) is 9.80 Å². The molecule has 5 nitrogen and oxygen atoms in total. The minimum atomic E-state index is -0.279. The first-order valence-electron chi connectivity index (χ1n) is 8.93. The Morgan fingerprint density at radius 2 is 1.57 bits per heavy atom. The molecule has 1 atom stereocenters. The van der Waals surface area contributed by atoms with Crippen molar-refractivity contribution in [1.29, 1.82) is 0 Å². The van der Waals surface area contributed by atoms with Crippen LogP contribution in [0.15, 0.2) is 0 Å². The van der Waals surface area contributed by atoms with Gasteiger partial charge in [-0.25, -0.2) is 0 Å². The molecule has 5 heteroatoms. The number of nitrogens with zero attached hydrogens (tertiary/aromatic N) is 2. The molecule has 0 fully saturated rings. The number of methoxy groups -OCH3 is 1. The first kappa shape index (κ1) is 21.9. The minimum Gasteiger partial charge on any atom is -0.469 e. The summed E-state index contributed by atoms with van der Waals surface area (Å²) < 4.78 is 4.78. The predicted molar refractivity (Wildman–Crippen MR) is 94.2 cm³/mol. The molecule has 0 aromatic heterocycles. The first-order chi connectivity index (χ1) is 10.8. The van der Waals surface area contributed by atoms with E-state index in [1.165, 1.54) is 7.11 Å². The lowest BCUT2D eigenvalue weighted by Gasteiger charge is -2.26. The van der Waals surface area contributed by atoms with Crippen LogP contribution in [0.1, 0.15) is 53.9 Å². The Bertz CT molecular complexity index is 341. The van der Waals surface area contributed by atoms with Gasteiger partial charge in [-0.2, -0.15) is 0 Å². The maximum atomic E-state index is 12.4. The maximum Gasteiger partial charge on any atom is 0.310 e. The SMILES string of the molecule is CCN(CC)CCCCN(CC(C)C(=O)OC)C(=O)CC(C)C. The van der Waals surface area contributed by atoms with E-state index in [9.17, 15) is 9.59 Å². The molecule has 136 valence electrons. The molecule has 0 saturated heterocycles. The van der Waals surface area contributed by atoms with Gasteiger partial charge in [0.15, 0.2) is 0 Å². The van der Waals surface area contributed by atoms with Crippen LogP contribution in [0.5, 0.6) is 0 Å². The van der Waals surface area contributed by atoms with Crippen molar-refractivity contribution >= 4 is 11.9 Å². The van der Waals surface area contributed by atoms with Crippen LogP contribution in [-0.2, 0) is 14.3 Å². The summed E-state index contributed by atoms with van der Waals surface area (Å²) in [4.78, 5) is 28.2. The Hall–Kier alpha value is -1.10. The van der Waals surface area contributed by atoms with Gasteiger partial charge in [-0.05, 0) is 38.4 Å². The van der Waals surface area contributed by atoms with E-state index >= 15 is 0 Å². The summed E-state index contributed by atoms with van der Waals surface area (Å²) in [6, 6.07) is 0. The molecule has 0 aliphatic carbocycles. The lowest BCUT2D eigenvalue weighted by molar-refractivity contribution is -0.146. The summed E-state index contributed by atoms with van der Waals surface area (Å²) in [5, 5.41) is 0. The van der Waals surface area contributed by atoms with Gasteiger partial charge in [-0.3, -0.25) is 9.59 Å². The van der Waals surface area contributed by atoms with E-state index in [0.29, 0.717) is 25.4 Å². The van der Waals surface area contributed by atoms with Crippen molar-refractivity contribution in [2.75, 3.05) is 39.8 Å². The van der Waals surface area contributed by atoms with Crippen LogP contribution in [0.4, 0.5) is 0 Å². The van der Waals surface area contributed by atoms with Gasteiger partial charge in [0.2, 0.25) is 5.91 Å². The summed E-state index contributed by atoms with van der Waals surface area (Å²) in [6.07, 6.45) is 2.57. The third-order valence-electron chi connectivity index (χ3n) is 4.08. The summed E-state index contributed by atoms with van der Waals surface area (Å²) in [6.45, 7) is 14.6. The third-order valence-corrected chi connectivity index (χ3v) is 4.08. The van der Waals surface area contributed by atoms with Crippen molar-refractivity contribution in [2.45, 2.75) is 53.9 Å². The van der Waals surface area contributed by atoms with Crippen molar-refractivity contribution in [3.8, 4) is 0 Å². The quantitative estimate of drug-likeness (QED) is 0.408. The molecular weight excluding hydrogens is 292 g/mol.